The Kier molecular flexibility index (Phi) is 7.04. The van der Waals surface area contributed by atoms with Crippen LogP contribution < -0.4 is 10.6 Å². The summed E-state index contributed by atoms with van der Waals surface area (Å²) in [6, 6.07) is 9.97. The van der Waals surface area contributed by atoms with Gasteiger partial charge in [0.05, 0.1) is 5.56 Å². The Morgan fingerprint density at radius 3 is 2.41 bits per heavy atom. The van der Waals surface area contributed by atoms with E-state index in [1.807, 2.05) is 0 Å². The number of hydrogen-bond acceptors (Lipinski definition) is 3. The number of quaternary nitrogens is 1. The zero-order chi connectivity index (χ0) is 25.1. The highest BCUT2D eigenvalue weighted by Gasteiger charge is 2.57. The predicted octanol–water partition coefficient (Wildman–Crippen LogP) is 3.50. The molecule has 3 rings (SSSR count). The summed E-state index contributed by atoms with van der Waals surface area (Å²) >= 11 is 0. The van der Waals surface area contributed by atoms with Crippen LogP contribution in [0.4, 0.5) is 28.9 Å². The summed E-state index contributed by atoms with van der Waals surface area (Å²) in [6.45, 7) is 3.60. The summed E-state index contributed by atoms with van der Waals surface area (Å²) in [5.74, 6) is -1.06. The van der Waals surface area contributed by atoms with Gasteiger partial charge in [-0.2, -0.15) is 13.2 Å². The minimum atomic E-state index is -5.14. The number of allylic oxidation sites excluding steroid dienone is 1. The van der Waals surface area contributed by atoms with Crippen molar-refractivity contribution in [1.29, 1.82) is 5.41 Å². The summed E-state index contributed by atoms with van der Waals surface area (Å²) in [5, 5.41) is 22.7. The summed E-state index contributed by atoms with van der Waals surface area (Å²) in [6.07, 6.45) is -1.80. The molecule has 0 radical (unpaired) electrons. The molecule has 0 fully saturated rings. The first kappa shape index (κ1) is 24.9. The molecule has 0 aliphatic heterocycles. The average molecular weight is 475 g/mol. The van der Waals surface area contributed by atoms with E-state index in [1.165, 1.54) is 48.0 Å². The van der Waals surface area contributed by atoms with Crippen molar-refractivity contribution >= 4 is 23.5 Å². The Morgan fingerprint density at radius 2 is 1.85 bits per heavy atom. The smallest absolute Gasteiger partial charge is 0.372 e. The number of halogens is 4. The highest BCUT2D eigenvalue weighted by molar-refractivity contribution is 5.93. The third kappa shape index (κ3) is 4.63. The molecule has 5 N–H and O–H groups in total. The largest absolute Gasteiger partial charge is 0.425 e. The summed E-state index contributed by atoms with van der Waals surface area (Å²) in [5.41, 5.74) is -3.49. The van der Waals surface area contributed by atoms with E-state index < -0.39 is 34.6 Å². The molecule has 1 heterocycles. The van der Waals surface area contributed by atoms with Crippen molar-refractivity contribution in [2.45, 2.75) is 18.3 Å². The number of amides is 1. The second kappa shape index (κ2) is 9.62. The van der Waals surface area contributed by atoms with E-state index in [2.05, 4.69) is 11.9 Å². The molecular formula is C24H23F4N4O2+. The molecule has 0 aliphatic rings. The molecular weight excluding hydrogens is 452 g/mol. The maximum absolute atomic E-state index is 14.3. The number of carbonyl (C=O) groups is 1. The first-order valence-corrected chi connectivity index (χ1v) is 10.1. The van der Waals surface area contributed by atoms with Gasteiger partial charge in [0.15, 0.2) is 0 Å². The molecule has 34 heavy (non-hydrogen) atoms. The Bertz CT molecular complexity index is 1220. The summed E-state index contributed by atoms with van der Waals surface area (Å²) < 4.78 is 57.4. The topological polar surface area (TPSA) is 94.7 Å². The minimum Gasteiger partial charge on any atom is -0.372 e. The van der Waals surface area contributed by atoms with Crippen LogP contribution in [0.1, 0.15) is 27.2 Å². The second-order valence-electron chi connectivity index (χ2n) is 7.53. The third-order valence-corrected chi connectivity index (χ3v) is 5.36. The van der Waals surface area contributed by atoms with Gasteiger partial charge in [-0.3, -0.25) is 10.1 Å². The van der Waals surface area contributed by atoms with Crippen LogP contribution >= 0.6 is 0 Å². The number of nitrogens with one attached hydrogen (secondary N) is 2. The first-order valence-electron chi connectivity index (χ1n) is 10.1. The van der Waals surface area contributed by atoms with E-state index in [0.717, 1.165) is 30.6 Å². The van der Waals surface area contributed by atoms with Gasteiger partial charge in [-0.05, 0) is 35.9 Å². The maximum Gasteiger partial charge on any atom is 0.425 e. The lowest BCUT2D eigenvalue weighted by Crippen LogP contribution is -2.71. The normalized spacial score (nSPS) is 13.2. The van der Waals surface area contributed by atoms with Gasteiger partial charge in [0.25, 0.3) is 5.91 Å². The van der Waals surface area contributed by atoms with Gasteiger partial charge in [-0.1, -0.05) is 6.08 Å². The number of aromatic nitrogens is 1. The van der Waals surface area contributed by atoms with Crippen LogP contribution in [0.5, 0.6) is 0 Å². The monoisotopic (exact) mass is 475 g/mol. The second-order valence-corrected chi connectivity index (χ2v) is 7.53. The lowest BCUT2D eigenvalue weighted by atomic mass is 9.86. The first-order chi connectivity index (χ1) is 16.0. The lowest BCUT2D eigenvalue weighted by Gasteiger charge is -2.30. The SMILES string of the molecule is C=CCn1cc(C(O)(c2ccc([NH2+]c3ccc(F)cc3)c(C=N)c2)C(F)(F)F)cc1C(=O)NC. The maximum atomic E-state index is 14.3. The van der Waals surface area contributed by atoms with E-state index in [4.69, 9.17) is 5.41 Å². The third-order valence-electron chi connectivity index (χ3n) is 5.36. The molecule has 0 bridgehead atoms. The molecule has 0 spiro atoms. The molecule has 2 aromatic carbocycles. The van der Waals surface area contributed by atoms with Gasteiger partial charge in [0.2, 0.25) is 5.60 Å². The lowest BCUT2D eigenvalue weighted by molar-refractivity contribution is -0.478. The number of alkyl halides is 3. The van der Waals surface area contributed by atoms with Gasteiger partial charge in [0.1, 0.15) is 22.9 Å². The van der Waals surface area contributed by atoms with Gasteiger partial charge >= 0.3 is 6.18 Å². The molecule has 1 atom stereocenters. The fourth-order valence-electron chi connectivity index (χ4n) is 3.61. The van der Waals surface area contributed by atoms with Gasteiger partial charge in [-0.15, -0.1) is 6.58 Å². The van der Waals surface area contributed by atoms with Crippen molar-refractivity contribution in [3.05, 3.63) is 95.6 Å². The van der Waals surface area contributed by atoms with E-state index >= 15 is 0 Å². The van der Waals surface area contributed by atoms with Crippen LogP contribution in [0.3, 0.4) is 0 Å². The van der Waals surface area contributed by atoms with Gasteiger partial charge in [0, 0.05) is 49.8 Å². The molecule has 0 aliphatic carbocycles. The average Bonchev–Trinajstić information content (AvgIpc) is 3.23. The zero-order valence-corrected chi connectivity index (χ0v) is 18.2. The molecule has 6 nitrogen and oxygen atoms in total. The number of benzene rings is 2. The molecule has 1 unspecified atom stereocenters. The van der Waals surface area contributed by atoms with Crippen LogP contribution in [0.25, 0.3) is 0 Å². The van der Waals surface area contributed by atoms with Crippen molar-refractivity contribution in [1.82, 2.24) is 9.88 Å². The fourth-order valence-corrected chi connectivity index (χ4v) is 3.61. The zero-order valence-electron chi connectivity index (χ0n) is 18.2. The van der Waals surface area contributed by atoms with E-state index in [1.54, 1.807) is 5.32 Å². The highest BCUT2D eigenvalue weighted by atomic mass is 19.4. The molecule has 3 aromatic rings. The van der Waals surface area contributed by atoms with Crippen LogP contribution in [-0.4, -0.2) is 35.0 Å². The standard InChI is InChI=1S/C24H22F4N4O2/c1-3-10-32-14-17(12-21(32)22(33)30-2)23(34,24(26,27)28)16-4-9-20(15(11-16)13-29)31-19-7-5-18(25)6-8-19/h3-9,11-14,29,31,34H,1,10H2,2H3,(H,30,33)/p+1. The number of carbonyl (C=O) groups excluding carboxylic acids is 1. The molecule has 1 aromatic heterocycles. The number of hydrogen-bond donors (Lipinski definition) is 4. The Hall–Kier alpha value is -3.76. The number of nitrogens with zero attached hydrogens (tertiary/aromatic N) is 1. The van der Waals surface area contributed by atoms with E-state index in [-0.39, 0.29) is 17.8 Å². The molecule has 178 valence electrons. The van der Waals surface area contributed by atoms with Crippen molar-refractivity contribution in [2.24, 2.45) is 0 Å². The summed E-state index contributed by atoms with van der Waals surface area (Å²) in [7, 11) is 1.34. The van der Waals surface area contributed by atoms with Gasteiger partial charge in [-0.25, -0.2) is 4.39 Å². The van der Waals surface area contributed by atoms with Crippen molar-refractivity contribution in [3.63, 3.8) is 0 Å². The Labute approximate surface area is 193 Å². The van der Waals surface area contributed by atoms with Crippen molar-refractivity contribution in [3.8, 4) is 0 Å². The van der Waals surface area contributed by atoms with E-state index in [0.29, 0.717) is 11.4 Å². The quantitative estimate of drug-likeness (QED) is 0.174. The molecule has 10 heteroatoms. The van der Waals surface area contributed by atoms with Crippen molar-refractivity contribution < 1.29 is 32.8 Å². The molecule has 0 saturated heterocycles. The minimum absolute atomic E-state index is 0.0496. The highest BCUT2D eigenvalue weighted by Crippen LogP contribution is 2.45. The predicted molar refractivity (Wildman–Crippen MR) is 119 cm³/mol. The fraction of sp³-hybridized carbons (Fsp3) is 0.167. The molecule has 0 saturated carbocycles. The van der Waals surface area contributed by atoms with Crippen LogP contribution in [0, 0.1) is 11.2 Å². The van der Waals surface area contributed by atoms with Crippen molar-refractivity contribution in [2.75, 3.05) is 7.05 Å². The summed E-state index contributed by atoms with van der Waals surface area (Å²) in [4.78, 5) is 12.2. The van der Waals surface area contributed by atoms with Gasteiger partial charge < -0.3 is 20.4 Å². The van der Waals surface area contributed by atoms with Crippen LogP contribution in [0.2, 0.25) is 0 Å². The number of nitrogens with two attached hydrogens (primary N) is 1. The van der Waals surface area contributed by atoms with Crippen LogP contribution in [0.15, 0.2) is 67.4 Å². The Morgan fingerprint density at radius 1 is 1.18 bits per heavy atom. The van der Waals surface area contributed by atoms with Crippen LogP contribution in [-0.2, 0) is 12.1 Å². The molecule has 1 amide bonds. The number of aliphatic hydroxyl groups is 1. The number of rotatable bonds is 8. The van der Waals surface area contributed by atoms with E-state index in [9.17, 15) is 27.5 Å². The Balaban J connectivity index is 2.13.